The molecular formula is C16H22FNO5S. The fourth-order valence-electron chi connectivity index (χ4n) is 2.12. The van der Waals surface area contributed by atoms with Gasteiger partial charge in [-0.1, -0.05) is 27.2 Å². The van der Waals surface area contributed by atoms with Crippen LogP contribution >= 0.6 is 0 Å². The van der Waals surface area contributed by atoms with Crippen molar-refractivity contribution >= 4 is 21.7 Å². The van der Waals surface area contributed by atoms with Gasteiger partial charge in [0, 0.05) is 5.92 Å². The molecule has 0 saturated heterocycles. The Morgan fingerprint density at radius 1 is 1.21 bits per heavy atom. The monoisotopic (exact) mass is 359 g/mol. The van der Waals surface area contributed by atoms with Gasteiger partial charge in [0.2, 0.25) is 5.91 Å². The SMILES string of the molecule is CC[C@H](C)[C@H](NC(=O)C(C)CS(=O)(=O)c1ccc(F)cc1)C(=O)O. The van der Waals surface area contributed by atoms with Crippen LogP contribution in [0.1, 0.15) is 27.2 Å². The lowest BCUT2D eigenvalue weighted by molar-refractivity contribution is -0.143. The summed E-state index contributed by atoms with van der Waals surface area (Å²) in [6.45, 7) is 4.90. The molecule has 1 aromatic rings. The zero-order chi connectivity index (χ0) is 18.5. The number of carbonyl (C=O) groups is 2. The second kappa shape index (κ2) is 8.23. The van der Waals surface area contributed by atoms with Crippen molar-refractivity contribution in [3.8, 4) is 0 Å². The summed E-state index contributed by atoms with van der Waals surface area (Å²) < 4.78 is 37.4. The Hall–Kier alpha value is -1.96. The maximum Gasteiger partial charge on any atom is 0.326 e. The molecule has 0 aromatic heterocycles. The lowest BCUT2D eigenvalue weighted by Gasteiger charge is -2.22. The average Bonchev–Trinajstić information content (AvgIpc) is 2.51. The van der Waals surface area contributed by atoms with Gasteiger partial charge in [0.15, 0.2) is 9.84 Å². The van der Waals surface area contributed by atoms with E-state index in [0.29, 0.717) is 6.42 Å². The summed E-state index contributed by atoms with van der Waals surface area (Å²) in [5.74, 6) is -4.08. The highest BCUT2D eigenvalue weighted by Gasteiger charge is 2.29. The van der Waals surface area contributed by atoms with E-state index >= 15 is 0 Å². The van der Waals surface area contributed by atoms with Crippen molar-refractivity contribution < 1.29 is 27.5 Å². The standard InChI is InChI=1S/C16H22FNO5S/c1-4-10(2)14(16(20)21)18-15(19)11(3)9-24(22,23)13-7-5-12(17)6-8-13/h5-8,10-11,14H,4,9H2,1-3H3,(H,18,19)(H,20,21)/t10-,11?,14-/m0/s1. The van der Waals surface area contributed by atoms with Crippen molar-refractivity contribution in [3.63, 3.8) is 0 Å². The molecule has 0 radical (unpaired) electrons. The van der Waals surface area contributed by atoms with Crippen LogP contribution in [0.3, 0.4) is 0 Å². The number of aliphatic carboxylic acids is 1. The number of hydrogen-bond donors (Lipinski definition) is 2. The number of amides is 1. The van der Waals surface area contributed by atoms with Crippen molar-refractivity contribution in [2.24, 2.45) is 11.8 Å². The molecule has 1 aromatic carbocycles. The molecule has 0 saturated carbocycles. The van der Waals surface area contributed by atoms with Crippen LogP contribution in [0.5, 0.6) is 0 Å². The molecule has 0 spiro atoms. The largest absolute Gasteiger partial charge is 0.480 e. The summed E-state index contributed by atoms with van der Waals surface area (Å²) in [5.41, 5.74) is 0. The van der Waals surface area contributed by atoms with Crippen LogP contribution in [-0.4, -0.2) is 37.2 Å². The molecular weight excluding hydrogens is 337 g/mol. The van der Waals surface area contributed by atoms with Crippen molar-refractivity contribution in [1.29, 1.82) is 0 Å². The molecule has 24 heavy (non-hydrogen) atoms. The zero-order valence-corrected chi connectivity index (χ0v) is 14.6. The van der Waals surface area contributed by atoms with E-state index in [9.17, 15) is 27.5 Å². The normalized spacial score (nSPS) is 15.3. The number of benzene rings is 1. The summed E-state index contributed by atoms with van der Waals surface area (Å²) in [5, 5.41) is 11.6. The zero-order valence-electron chi connectivity index (χ0n) is 13.8. The van der Waals surface area contributed by atoms with Crippen LogP contribution < -0.4 is 5.32 Å². The predicted molar refractivity (Wildman–Crippen MR) is 86.6 cm³/mol. The molecule has 0 bridgehead atoms. The van der Waals surface area contributed by atoms with Gasteiger partial charge < -0.3 is 10.4 Å². The molecule has 1 rings (SSSR count). The summed E-state index contributed by atoms with van der Waals surface area (Å²) in [6, 6.07) is 3.25. The smallest absolute Gasteiger partial charge is 0.326 e. The third-order valence-corrected chi connectivity index (χ3v) is 5.80. The molecule has 0 aliphatic carbocycles. The maximum atomic E-state index is 12.9. The molecule has 134 valence electrons. The second-order valence-electron chi connectivity index (χ2n) is 5.85. The molecule has 0 heterocycles. The lowest BCUT2D eigenvalue weighted by atomic mass is 9.98. The minimum absolute atomic E-state index is 0.0831. The van der Waals surface area contributed by atoms with E-state index in [2.05, 4.69) is 5.32 Å². The van der Waals surface area contributed by atoms with E-state index < -0.39 is 45.2 Å². The highest BCUT2D eigenvalue weighted by atomic mass is 32.2. The van der Waals surface area contributed by atoms with Gasteiger partial charge in [-0.2, -0.15) is 0 Å². The van der Waals surface area contributed by atoms with Gasteiger partial charge in [-0.25, -0.2) is 17.6 Å². The van der Waals surface area contributed by atoms with Gasteiger partial charge in [-0.15, -0.1) is 0 Å². The van der Waals surface area contributed by atoms with E-state index in [-0.39, 0.29) is 10.8 Å². The number of hydrogen-bond acceptors (Lipinski definition) is 4. The topological polar surface area (TPSA) is 101 Å². The number of carboxylic acid groups (broad SMARTS) is 1. The van der Waals surface area contributed by atoms with Crippen LogP contribution in [0.25, 0.3) is 0 Å². The molecule has 0 aliphatic rings. The van der Waals surface area contributed by atoms with Crippen LogP contribution in [0.2, 0.25) is 0 Å². The van der Waals surface area contributed by atoms with E-state index in [1.165, 1.54) is 6.92 Å². The predicted octanol–water partition coefficient (Wildman–Crippen LogP) is 1.85. The summed E-state index contributed by atoms with van der Waals surface area (Å²) in [4.78, 5) is 23.3. The van der Waals surface area contributed by atoms with Gasteiger partial charge in [0.05, 0.1) is 10.6 Å². The molecule has 1 amide bonds. The first-order valence-electron chi connectivity index (χ1n) is 7.60. The maximum absolute atomic E-state index is 12.9. The fraction of sp³-hybridized carbons (Fsp3) is 0.500. The van der Waals surface area contributed by atoms with Gasteiger partial charge in [0.25, 0.3) is 0 Å². The Balaban J connectivity index is 2.82. The lowest BCUT2D eigenvalue weighted by Crippen LogP contribution is -2.47. The molecule has 0 fully saturated rings. The number of sulfone groups is 1. The molecule has 6 nitrogen and oxygen atoms in total. The van der Waals surface area contributed by atoms with Crippen molar-refractivity contribution in [1.82, 2.24) is 5.32 Å². The number of carboxylic acids is 1. The Kier molecular flexibility index (Phi) is 6.89. The van der Waals surface area contributed by atoms with Crippen LogP contribution in [0.15, 0.2) is 29.2 Å². The van der Waals surface area contributed by atoms with Crippen LogP contribution in [-0.2, 0) is 19.4 Å². The highest BCUT2D eigenvalue weighted by molar-refractivity contribution is 7.91. The molecule has 1 unspecified atom stereocenters. The van der Waals surface area contributed by atoms with Gasteiger partial charge in [-0.3, -0.25) is 4.79 Å². The van der Waals surface area contributed by atoms with Gasteiger partial charge in [-0.05, 0) is 30.2 Å². The van der Waals surface area contributed by atoms with E-state index in [1.54, 1.807) is 13.8 Å². The minimum Gasteiger partial charge on any atom is -0.480 e. The molecule has 0 aliphatic heterocycles. The van der Waals surface area contributed by atoms with Crippen molar-refractivity contribution in [2.75, 3.05) is 5.75 Å². The number of carbonyl (C=O) groups excluding carboxylic acids is 1. The number of nitrogens with one attached hydrogen (secondary N) is 1. The van der Waals surface area contributed by atoms with Gasteiger partial charge in [0.1, 0.15) is 11.9 Å². The van der Waals surface area contributed by atoms with E-state index in [4.69, 9.17) is 0 Å². The average molecular weight is 359 g/mol. The Morgan fingerprint density at radius 2 is 1.75 bits per heavy atom. The number of rotatable bonds is 8. The molecule has 3 atom stereocenters. The Morgan fingerprint density at radius 3 is 2.21 bits per heavy atom. The number of halogens is 1. The summed E-state index contributed by atoms with van der Waals surface area (Å²) >= 11 is 0. The first kappa shape index (κ1) is 20.1. The van der Waals surface area contributed by atoms with Crippen LogP contribution in [0.4, 0.5) is 4.39 Å². The molecule has 2 N–H and O–H groups in total. The fourth-order valence-corrected chi connectivity index (χ4v) is 3.67. The highest BCUT2D eigenvalue weighted by Crippen LogP contribution is 2.16. The Bertz CT molecular complexity index is 687. The first-order valence-corrected chi connectivity index (χ1v) is 9.25. The summed E-state index contributed by atoms with van der Waals surface area (Å²) in [7, 11) is -3.78. The minimum atomic E-state index is -3.78. The Labute approximate surface area is 141 Å². The molecule has 8 heteroatoms. The van der Waals surface area contributed by atoms with Gasteiger partial charge >= 0.3 is 5.97 Å². The van der Waals surface area contributed by atoms with Crippen LogP contribution in [0, 0.1) is 17.7 Å². The van der Waals surface area contributed by atoms with Crippen molar-refractivity contribution in [3.05, 3.63) is 30.1 Å². The quantitative estimate of drug-likeness (QED) is 0.690. The second-order valence-corrected chi connectivity index (χ2v) is 7.88. The van der Waals surface area contributed by atoms with E-state index in [1.807, 2.05) is 0 Å². The summed E-state index contributed by atoms with van der Waals surface area (Å²) in [6.07, 6.45) is 0.555. The van der Waals surface area contributed by atoms with Crippen molar-refractivity contribution in [2.45, 2.75) is 38.1 Å². The third kappa shape index (κ3) is 5.30. The van der Waals surface area contributed by atoms with E-state index in [0.717, 1.165) is 24.3 Å². The first-order chi connectivity index (χ1) is 11.1. The third-order valence-electron chi connectivity index (χ3n) is 3.87.